The molecule has 0 spiro atoms. The quantitative estimate of drug-likeness (QED) is 0.724. The van der Waals surface area contributed by atoms with E-state index in [1.165, 1.54) is 0 Å². The van der Waals surface area contributed by atoms with Crippen molar-refractivity contribution in [3.8, 4) is 0 Å². The Bertz CT molecular complexity index is 403. The molecule has 1 aromatic carbocycles. The van der Waals surface area contributed by atoms with E-state index in [2.05, 4.69) is 4.90 Å². The summed E-state index contributed by atoms with van der Waals surface area (Å²) in [4.78, 5) is 15.4. The molecule has 17 heavy (non-hydrogen) atoms. The number of likely N-dealkylation sites (N-methyl/N-ethyl adjacent to an activating group) is 2. The van der Waals surface area contributed by atoms with Crippen LogP contribution in [0.25, 0.3) is 0 Å². The summed E-state index contributed by atoms with van der Waals surface area (Å²) in [5, 5.41) is 0. The summed E-state index contributed by atoms with van der Waals surface area (Å²) in [6, 6.07) is 5.20. The number of carbonyl (C=O) groups is 1. The SMILES string of the molecule is CN(C)CCN(C)c1c(N)cccc1C(N)=O. The molecule has 0 saturated heterocycles. The van der Waals surface area contributed by atoms with Crippen LogP contribution in [0, 0.1) is 0 Å². The van der Waals surface area contributed by atoms with Gasteiger partial charge in [-0.2, -0.15) is 0 Å². The summed E-state index contributed by atoms with van der Waals surface area (Å²) in [7, 11) is 5.90. The lowest BCUT2D eigenvalue weighted by Gasteiger charge is -2.24. The molecule has 0 atom stereocenters. The predicted octanol–water partition coefficient (Wildman–Crippen LogP) is 0.366. The van der Waals surface area contributed by atoms with E-state index in [1.54, 1.807) is 18.2 Å². The fraction of sp³-hybridized carbons (Fsp3) is 0.417. The van der Waals surface area contributed by atoms with Crippen molar-refractivity contribution in [2.45, 2.75) is 0 Å². The van der Waals surface area contributed by atoms with Crippen LogP contribution in [0.1, 0.15) is 10.4 Å². The van der Waals surface area contributed by atoms with E-state index < -0.39 is 5.91 Å². The number of para-hydroxylation sites is 1. The fourth-order valence-corrected chi connectivity index (χ4v) is 1.65. The van der Waals surface area contributed by atoms with Crippen LogP contribution in [0.5, 0.6) is 0 Å². The number of primary amides is 1. The largest absolute Gasteiger partial charge is 0.397 e. The van der Waals surface area contributed by atoms with E-state index >= 15 is 0 Å². The van der Waals surface area contributed by atoms with Crippen LogP contribution in [0.15, 0.2) is 18.2 Å². The summed E-state index contributed by atoms with van der Waals surface area (Å²) in [5.41, 5.74) is 13.0. The molecule has 1 aromatic rings. The molecule has 1 rings (SSSR count). The number of nitrogens with two attached hydrogens (primary N) is 2. The van der Waals surface area contributed by atoms with Crippen molar-refractivity contribution >= 4 is 17.3 Å². The van der Waals surface area contributed by atoms with Crippen LogP contribution >= 0.6 is 0 Å². The molecular weight excluding hydrogens is 216 g/mol. The molecular formula is C12H20N4O. The van der Waals surface area contributed by atoms with E-state index in [-0.39, 0.29) is 0 Å². The Morgan fingerprint density at radius 2 is 1.88 bits per heavy atom. The van der Waals surface area contributed by atoms with E-state index in [9.17, 15) is 4.79 Å². The third-order valence-corrected chi connectivity index (χ3v) is 2.60. The highest BCUT2D eigenvalue weighted by Gasteiger charge is 2.14. The number of rotatable bonds is 5. The maximum absolute atomic E-state index is 11.3. The molecule has 0 saturated carbocycles. The molecule has 0 aromatic heterocycles. The summed E-state index contributed by atoms with van der Waals surface area (Å²) < 4.78 is 0. The Kier molecular flexibility index (Phi) is 4.34. The fourth-order valence-electron chi connectivity index (χ4n) is 1.65. The van der Waals surface area contributed by atoms with Crippen LogP contribution in [-0.2, 0) is 0 Å². The Balaban J connectivity index is 2.98. The molecule has 0 aliphatic carbocycles. The lowest BCUT2D eigenvalue weighted by Crippen LogP contribution is -2.30. The van der Waals surface area contributed by atoms with Gasteiger partial charge in [0, 0.05) is 20.1 Å². The van der Waals surface area contributed by atoms with Crippen molar-refractivity contribution in [3.05, 3.63) is 23.8 Å². The number of nitrogen functional groups attached to an aromatic ring is 1. The highest BCUT2D eigenvalue weighted by Crippen LogP contribution is 2.26. The molecule has 0 aliphatic rings. The first-order valence-electron chi connectivity index (χ1n) is 5.47. The highest BCUT2D eigenvalue weighted by atomic mass is 16.1. The van der Waals surface area contributed by atoms with E-state index in [4.69, 9.17) is 11.5 Å². The number of benzene rings is 1. The Morgan fingerprint density at radius 1 is 1.24 bits per heavy atom. The van der Waals surface area contributed by atoms with Gasteiger partial charge in [-0.1, -0.05) is 6.07 Å². The van der Waals surface area contributed by atoms with Gasteiger partial charge in [0.25, 0.3) is 5.91 Å². The molecule has 0 fully saturated rings. The second kappa shape index (κ2) is 5.54. The van der Waals surface area contributed by atoms with Gasteiger partial charge in [-0.05, 0) is 26.2 Å². The maximum atomic E-state index is 11.3. The molecule has 5 nitrogen and oxygen atoms in total. The zero-order chi connectivity index (χ0) is 13.0. The first-order valence-corrected chi connectivity index (χ1v) is 5.47. The molecule has 0 radical (unpaired) electrons. The third kappa shape index (κ3) is 3.35. The Morgan fingerprint density at radius 3 is 2.41 bits per heavy atom. The minimum absolute atomic E-state index is 0.455. The maximum Gasteiger partial charge on any atom is 0.250 e. The van der Waals surface area contributed by atoms with Crippen molar-refractivity contribution in [1.29, 1.82) is 0 Å². The number of hydrogen-bond acceptors (Lipinski definition) is 4. The lowest BCUT2D eigenvalue weighted by atomic mass is 10.1. The van der Waals surface area contributed by atoms with Crippen LogP contribution in [0.4, 0.5) is 11.4 Å². The minimum Gasteiger partial charge on any atom is -0.397 e. The van der Waals surface area contributed by atoms with Gasteiger partial charge >= 0.3 is 0 Å². The van der Waals surface area contributed by atoms with Gasteiger partial charge in [-0.3, -0.25) is 4.79 Å². The average Bonchev–Trinajstić information content (AvgIpc) is 2.25. The van der Waals surface area contributed by atoms with E-state index in [0.29, 0.717) is 16.9 Å². The molecule has 0 aliphatic heterocycles. The molecule has 1 amide bonds. The molecule has 0 heterocycles. The zero-order valence-corrected chi connectivity index (χ0v) is 10.6. The first kappa shape index (κ1) is 13.3. The molecule has 94 valence electrons. The summed E-state index contributed by atoms with van der Waals surface area (Å²) in [6.45, 7) is 1.66. The van der Waals surface area contributed by atoms with Gasteiger partial charge in [-0.25, -0.2) is 0 Å². The first-order chi connectivity index (χ1) is 7.93. The number of amides is 1. The van der Waals surface area contributed by atoms with Gasteiger partial charge in [0.1, 0.15) is 0 Å². The number of hydrogen-bond donors (Lipinski definition) is 2. The Hall–Kier alpha value is -1.75. The standard InChI is InChI=1S/C12H20N4O/c1-15(2)7-8-16(3)11-9(12(14)17)5-4-6-10(11)13/h4-6H,7-8,13H2,1-3H3,(H2,14,17). The van der Waals surface area contributed by atoms with Crippen LogP contribution < -0.4 is 16.4 Å². The number of carbonyl (C=O) groups excluding carboxylic acids is 1. The highest BCUT2D eigenvalue weighted by molar-refractivity contribution is 6.01. The smallest absolute Gasteiger partial charge is 0.250 e. The molecule has 5 heteroatoms. The zero-order valence-electron chi connectivity index (χ0n) is 10.6. The lowest BCUT2D eigenvalue weighted by molar-refractivity contribution is 0.100. The van der Waals surface area contributed by atoms with Crippen LogP contribution in [0.2, 0.25) is 0 Å². The molecule has 0 bridgehead atoms. The van der Waals surface area contributed by atoms with Crippen molar-refractivity contribution in [2.75, 3.05) is 44.9 Å². The number of nitrogens with zero attached hydrogens (tertiary/aromatic N) is 2. The molecule has 4 N–H and O–H groups in total. The second-order valence-corrected chi connectivity index (χ2v) is 4.33. The second-order valence-electron chi connectivity index (χ2n) is 4.33. The van der Waals surface area contributed by atoms with Crippen LogP contribution in [0.3, 0.4) is 0 Å². The van der Waals surface area contributed by atoms with Crippen molar-refractivity contribution < 1.29 is 4.79 Å². The van der Waals surface area contributed by atoms with Gasteiger partial charge in [0.2, 0.25) is 0 Å². The topological polar surface area (TPSA) is 75.6 Å². The van der Waals surface area contributed by atoms with Gasteiger partial charge in [0.05, 0.1) is 16.9 Å². The van der Waals surface area contributed by atoms with Crippen molar-refractivity contribution in [3.63, 3.8) is 0 Å². The van der Waals surface area contributed by atoms with Crippen LogP contribution in [-0.4, -0.2) is 45.0 Å². The molecule has 0 unspecified atom stereocenters. The third-order valence-electron chi connectivity index (χ3n) is 2.60. The number of anilines is 2. The van der Waals surface area contributed by atoms with E-state index in [0.717, 1.165) is 13.1 Å². The normalized spacial score (nSPS) is 10.6. The van der Waals surface area contributed by atoms with Gasteiger partial charge < -0.3 is 21.3 Å². The minimum atomic E-state index is -0.455. The van der Waals surface area contributed by atoms with Crippen molar-refractivity contribution in [2.24, 2.45) is 5.73 Å². The van der Waals surface area contributed by atoms with Gasteiger partial charge in [-0.15, -0.1) is 0 Å². The summed E-state index contributed by atoms with van der Waals surface area (Å²) in [6.07, 6.45) is 0. The monoisotopic (exact) mass is 236 g/mol. The van der Waals surface area contributed by atoms with Gasteiger partial charge in [0.15, 0.2) is 0 Å². The predicted molar refractivity (Wildman–Crippen MR) is 71.2 cm³/mol. The average molecular weight is 236 g/mol. The van der Waals surface area contributed by atoms with E-state index in [1.807, 2.05) is 26.0 Å². The summed E-state index contributed by atoms with van der Waals surface area (Å²) in [5.74, 6) is -0.455. The Labute approximate surface area is 102 Å². The summed E-state index contributed by atoms with van der Waals surface area (Å²) >= 11 is 0. The van der Waals surface area contributed by atoms with Crippen molar-refractivity contribution in [1.82, 2.24) is 4.90 Å².